The smallest absolute Gasteiger partial charge is 0.149 e. The molecule has 7 heteroatoms. The second-order valence-electron chi connectivity index (χ2n) is 3.50. The van der Waals surface area contributed by atoms with Crippen molar-refractivity contribution < 1.29 is 4.39 Å². The molecule has 2 aromatic rings. The summed E-state index contributed by atoms with van der Waals surface area (Å²) >= 11 is 1.17. The minimum atomic E-state index is -0.263. The summed E-state index contributed by atoms with van der Waals surface area (Å²) in [6.07, 6.45) is 0. The summed E-state index contributed by atoms with van der Waals surface area (Å²) in [5, 5.41) is 4.63. The van der Waals surface area contributed by atoms with Crippen LogP contribution in [0.3, 0.4) is 0 Å². The SMILES string of the molecule is CN(Cc1nnsc1NN)c1ccccc1F. The molecule has 90 valence electrons. The van der Waals surface area contributed by atoms with Gasteiger partial charge in [-0.15, -0.1) is 5.10 Å². The molecule has 5 nitrogen and oxygen atoms in total. The predicted octanol–water partition coefficient (Wildman–Crippen LogP) is 1.60. The van der Waals surface area contributed by atoms with Crippen molar-refractivity contribution in [2.45, 2.75) is 6.54 Å². The van der Waals surface area contributed by atoms with Crippen LogP contribution in [0.15, 0.2) is 24.3 Å². The number of para-hydroxylation sites is 1. The van der Waals surface area contributed by atoms with Gasteiger partial charge in [0.15, 0.2) is 0 Å². The molecule has 1 aromatic carbocycles. The topological polar surface area (TPSA) is 67.1 Å². The zero-order valence-corrected chi connectivity index (χ0v) is 10.0. The van der Waals surface area contributed by atoms with Crippen molar-refractivity contribution in [3.05, 3.63) is 35.8 Å². The standard InChI is InChI=1S/C10H12FN5S/c1-16(9-5-3-2-4-7(9)11)6-8-10(13-12)17-15-14-8/h2-5,13H,6,12H2,1H3. The lowest BCUT2D eigenvalue weighted by Gasteiger charge is -2.18. The Morgan fingerprint density at radius 1 is 1.47 bits per heavy atom. The van der Waals surface area contributed by atoms with Gasteiger partial charge in [0.05, 0.1) is 12.2 Å². The van der Waals surface area contributed by atoms with Crippen LogP contribution < -0.4 is 16.2 Å². The van der Waals surface area contributed by atoms with Gasteiger partial charge >= 0.3 is 0 Å². The average Bonchev–Trinajstić information content (AvgIpc) is 2.76. The third-order valence-electron chi connectivity index (χ3n) is 2.34. The zero-order valence-electron chi connectivity index (χ0n) is 9.22. The van der Waals surface area contributed by atoms with Gasteiger partial charge in [0.2, 0.25) is 0 Å². The van der Waals surface area contributed by atoms with Gasteiger partial charge in [-0.1, -0.05) is 16.6 Å². The highest BCUT2D eigenvalue weighted by molar-refractivity contribution is 7.10. The number of nitrogen functional groups attached to an aromatic ring is 1. The van der Waals surface area contributed by atoms with E-state index in [4.69, 9.17) is 5.84 Å². The van der Waals surface area contributed by atoms with E-state index in [2.05, 4.69) is 15.0 Å². The molecule has 0 atom stereocenters. The van der Waals surface area contributed by atoms with Crippen LogP contribution in [0.2, 0.25) is 0 Å². The molecule has 0 radical (unpaired) electrons. The lowest BCUT2D eigenvalue weighted by atomic mass is 10.2. The van der Waals surface area contributed by atoms with Crippen molar-refractivity contribution in [2.24, 2.45) is 5.84 Å². The number of hydrazine groups is 1. The normalized spacial score (nSPS) is 10.3. The van der Waals surface area contributed by atoms with E-state index in [1.165, 1.54) is 17.6 Å². The number of nitrogens with zero attached hydrogens (tertiary/aromatic N) is 3. The molecule has 0 aliphatic heterocycles. The van der Waals surface area contributed by atoms with E-state index in [9.17, 15) is 4.39 Å². The molecule has 0 saturated carbocycles. The van der Waals surface area contributed by atoms with Crippen molar-refractivity contribution in [1.29, 1.82) is 0 Å². The maximum atomic E-state index is 13.5. The van der Waals surface area contributed by atoms with E-state index in [0.717, 1.165) is 0 Å². The first-order valence-corrected chi connectivity index (χ1v) is 5.73. The van der Waals surface area contributed by atoms with Gasteiger partial charge in [-0.3, -0.25) is 0 Å². The summed E-state index contributed by atoms with van der Waals surface area (Å²) in [4.78, 5) is 1.76. The first-order valence-electron chi connectivity index (χ1n) is 4.96. The lowest BCUT2D eigenvalue weighted by Crippen LogP contribution is -2.19. The van der Waals surface area contributed by atoms with Crippen molar-refractivity contribution in [2.75, 3.05) is 17.4 Å². The third-order valence-corrected chi connectivity index (χ3v) is 3.04. The van der Waals surface area contributed by atoms with Crippen LogP contribution in [0.1, 0.15) is 5.69 Å². The Labute approximate surface area is 102 Å². The molecule has 1 heterocycles. The molecule has 0 aliphatic carbocycles. The van der Waals surface area contributed by atoms with Crippen LogP contribution in [0.5, 0.6) is 0 Å². The molecule has 0 aliphatic rings. The van der Waals surface area contributed by atoms with Crippen LogP contribution in [-0.2, 0) is 6.54 Å². The van der Waals surface area contributed by atoms with Gasteiger partial charge in [-0.2, -0.15) is 0 Å². The Morgan fingerprint density at radius 3 is 2.94 bits per heavy atom. The van der Waals surface area contributed by atoms with Gasteiger partial charge in [0.25, 0.3) is 0 Å². The Hall–Kier alpha value is -1.73. The summed E-state index contributed by atoms with van der Waals surface area (Å²) in [5.41, 5.74) is 3.73. The molecule has 3 N–H and O–H groups in total. The second kappa shape index (κ2) is 5.07. The largest absolute Gasteiger partial charge is 0.366 e. The molecule has 1 aromatic heterocycles. The van der Waals surface area contributed by atoms with Crippen molar-refractivity contribution in [3.63, 3.8) is 0 Å². The molecule has 0 fully saturated rings. The quantitative estimate of drug-likeness (QED) is 0.640. The Balaban J connectivity index is 2.17. The minimum absolute atomic E-state index is 0.263. The van der Waals surface area contributed by atoms with Crippen LogP contribution in [0, 0.1) is 5.82 Å². The minimum Gasteiger partial charge on any atom is -0.366 e. The molecule has 2 rings (SSSR count). The molecule has 0 saturated heterocycles. The Kier molecular flexibility index (Phi) is 3.50. The molecule has 0 bridgehead atoms. The average molecular weight is 253 g/mol. The number of nitrogens with one attached hydrogen (secondary N) is 1. The first kappa shape index (κ1) is 11.7. The summed E-state index contributed by atoms with van der Waals surface area (Å²) in [7, 11) is 1.79. The maximum absolute atomic E-state index is 13.5. The van der Waals surface area contributed by atoms with E-state index in [1.54, 1.807) is 30.1 Å². The van der Waals surface area contributed by atoms with Gasteiger partial charge in [-0.05, 0) is 12.1 Å². The molecular weight excluding hydrogens is 241 g/mol. The fourth-order valence-corrected chi connectivity index (χ4v) is 1.98. The van der Waals surface area contributed by atoms with Gasteiger partial charge < -0.3 is 10.3 Å². The van der Waals surface area contributed by atoms with Gasteiger partial charge in [-0.25, -0.2) is 10.2 Å². The summed E-state index contributed by atoms with van der Waals surface area (Å²) in [6.45, 7) is 0.441. The first-order chi connectivity index (χ1) is 8.22. The van der Waals surface area contributed by atoms with Crippen molar-refractivity contribution in [1.82, 2.24) is 9.59 Å². The highest BCUT2D eigenvalue weighted by Crippen LogP contribution is 2.22. The second-order valence-corrected chi connectivity index (χ2v) is 4.25. The summed E-state index contributed by atoms with van der Waals surface area (Å²) in [5.74, 6) is 5.06. The fourth-order valence-electron chi connectivity index (χ4n) is 1.49. The zero-order chi connectivity index (χ0) is 12.3. The number of rotatable bonds is 4. The summed E-state index contributed by atoms with van der Waals surface area (Å²) < 4.78 is 17.3. The van der Waals surface area contributed by atoms with Gasteiger partial charge in [0.1, 0.15) is 16.5 Å². The third kappa shape index (κ3) is 2.51. The van der Waals surface area contributed by atoms with Crippen LogP contribution >= 0.6 is 11.5 Å². The van der Waals surface area contributed by atoms with E-state index in [0.29, 0.717) is 22.9 Å². The van der Waals surface area contributed by atoms with E-state index in [1.807, 2.05) is 0 Å². The molecule has 0 amide bonds. The van der Waals surface area contributed by atoms with Crippen LogP contribution in [0.4, 0.5) is 15.1 Å². The van der Waals surface area contributed by atoms with Crippen molar-refractivity contribution >= 4 is 22.2 Å². The van der Waals surface area contributed by atoms with Crippen LogP contribution in [0.25, 0.3) is 0 Å². The van der Waals surface area contributed by atoms with E-state index in [-0.39, 0.29) is 5.82 Å². The predicted molar refractivity (Wildman–Crippen MR) is 66.2 cm³/mol. The van der Waals surface area contributed by atoms with E-state index < -0.39 is 0 Å². The number of hydrogen-bond donors (Lipinski definition) is 2. The highest BCUT2D eigenvalue weighted by atomic mass is 32.1. The van der Waals surface area contributed by atoms with Gasteiger partial charge in [0, 0.05) is 18.6 Å². The van der Waals surface area contributed by atoms with Crippen LogP contribution in [-0.4, -0.2) is 16.6 Å². The monoisotopic (exact) mass is 253 g/mol. The number of benzene rings is 1. The number of nitrogens with two attached hydrogens (primary N) is 1. The fraction of sp³-hybridized carbons (Fsp3) is 0.200. The highest BCUT2D eigenvalue weighted by Gasteiger charge is 2.12. The number of anilines is 2. The molecule has 0 spiro atoms. The number of hydrogen-bond acceptors (Lipinski definition) is 6. The lowest BCUT2D eigenvalue weighted by molar-refractivity contribution is 0.621. The number of halogens is 1. The molecule has 17 heavy (non-hydrogen) atoms. The molecular formula is C10H12FN5S. The Bertz CT molecular complexity index is 501. The summed E-state index contributed by atoms with van der Waals surface area (Å²) in [6, 6.07) is 6.58. The number of aromatic nitrogens is 2. The Morgan fingerprint density at radius 2 is 2.24 bits per heavy atom. The maximum Gasteiger partial charge on any atom is 0.149 e. The van der Waals surface area contributed by atoms with E-state index >= 15 is 0 Å². The van der Waals surface area contributed by atoms with Crippen molar-refractivity contribution in [3.8, 4) is 0 Å². The molecule has 0 unspecified atom stereocenters.